The van der Waals surface area contributed by atoms with Gasteiger partial charge in [-0.3, -0.25) is 0 Å². The zero-order valence-electron chi connectivity index (χ0n) is 28.5. The van der Waals surface area contributed by atoms with Crippen LogP contribution < -0.4 is 9.47 Å². The third-order valence-electron chi connectivity index (χ3n) is 8.61. The van der Waals surface area contributed by atoms with Crippen molar-refractivity contribution in [2.24, 2.45) is 0 Å². The fraction of sp³-hybridized carbons (Fsp3) is 0.0222. The quantitative estimate of drug-likeness (QED) is 0.141. The van der Waals surface area contributed by atoms with Crippen LogP contribution >= 0.6 is 0 Å². The molecule has 0 fully saturated rings. The normalized spacial score (nSPS) is 10.8. The Bertz CT molecular complexity index is 2540. The van der Waals surface area contributed by atoms with E-state index in [2.05, 4.69) is 65.4 Å². The summed E-state index contributed by atoms with van der Waals surface area (Å²) in [6.45, 7) is 2.07. The van der Waals surface area contributed by atoms with Crippen LogP contribution in [0, 0.1) is 31.2 Å². The molecule has 0 aliphatic carbocycles. The molecule has 5 aromatic carbocycles. The van der Waals surface area contributed by atoms with Gasteiger partial charge < -0.3 is 24.0 Å². The molecule has 9 heteroatoms. The van der Waals surface area contributed by atoms with Crippen molar-refractivity contribution in [3.05, 3.63) is 176 Å². The molecule has 0 amide bonds. The minimum Gasteiger partial charge on any atom is -0.503 e. The van der Waals surface area contributed by atoms with Gasteiger partial charge >= 0.3 is 42.1 Å². The Hall–Kier alpha value is -5.74. The number of rotatable bonds is 8. The van der Waals surface area contributed by atoms with Gasteiger partial charge in [0, 0.05) is 53.3 Å². The number of nitrogens with zero attached hydrogens (tertiary/aromatic N) is 5. The summed E-state index contributed by atoms with van der Waals surface area (Å²) in [7, 11) is 0. The molecule has 0 N–H and O–H groups in total. The first kappa shape index (κ1) is 36.6. The average molecular weight is 1060 g/mol. The predicted octanol–water partition coefficient (Wildman–Crippen LogP) is 10.5. The molecule has 4 heterocycles. The van der Waals surface area contributed by atoms with Crippen LogP contribution in [0.5, 0.6) is 23.0 Å². The molecule has 9 rings (SSSR count). The fourth-order valence-corrected chi connectivity index (χ4v) is 6.07. The summed E-state index contributed by atoms with van der Waals surface area (Å²) in [6, 6.07) is 52.8. The summed E-state index contributed by atoms with van der Waals surface area (Å²) < 4.78 is 14.6. The van der Waals surface area contributed by atoms with Gasteiger partial charge in [0.05, 0.1) is 0 Å². The zero-order chi connectivity index (χ0) is 34.9. The number of ether oxygens (including phenoxy) is 2. The van der Waals surface area contributed by atoms with Crippen LogP contribution in [0.3, 0.4) is 0 Å². The topological polar surface area (TPSA) is 75.0 Å². The first-order chi connectivity index (χ1) is 25.6. The Balaban J connectivity index is 0.00000225. The molecule has 0 bridgehead atoms. The first-order valence-electron chi connectivity index (χ1n) is 16.7. The summed E-state index contributed by atoms with van der Waals surface area (Å²) in [6.07, 6.45) is 7.19. The van der Waals surface area contributed by atoms with E-state index >= 15 is 0 Å². The van der Waals surface area contributed by atoms with Gasteiger partial charge in [0.15, 0.2) is 0 Å². The molecule has 264 valence electrons. The minimum atomic E-state index is 0. The smallest absolute Gasteiger partial charge is 0.503 e. The molecular weight excluding hydrogens is 1030 g/mol. The van der Waals surface area contributed by atoms with Gasteiger partial charge in [0.25, 0.3) is 0 Å². The Morgan fingerprint density at radius 1 is 0.463 bits per heavy atom. The van der Waals surface area contributed by atoms with Crippen molar-refractivity contribution >= 4 is 21.8 Å². The van der Waals surface area contributed by atoms with Crippen LogP contribution in [0.15, 0.2) is 146 Å². The average Bonchev–Trinajstić information content (AvgIpc) is 3.52. The molecule has 7 nitrogen and oxygen atoms in total. The maximum absolute atomic E-state index is 6.34. The molecule has 4 aromatic heterocycles. The predicted molar refractivity (Wildman–Crippen MR) is 201 cm³/mol. The number of fused-ring (bicyclic) bond motifs is 3. The van der Waals surface area contributed by atoms with Crippen molar-refractivity contribution in [1.82, 2.24) is 24.5 Å². The number of pyridine rings is 2. The van der Waals surface area contributed by atoms with Gasteiger partial charge in [-0.1, -0.05) is 77.3 Å². The fourth-order valence-electron chi connectivity index (χ4n) is 6.07. The van der Waals surface area contributed by atoms with Crippen LogP contribution in [0.25, 0.3) is 61.4 Å². The first-order valence-corrected chi connectivity index (χ1v) is 16.7. The van der Waals surface area contributed by atoms with Crippen LogP contribution in [0.2, 0.25) is 0 Å². The maximum Gasteiger partial charge on any atom is 2.00 e. The molecule has 54 heavy (non-hydrogen) atoms. The summed E-state index contributed by atoms with van der Waals surface area (Å²) in [5.41, 5.74) is 7.90. The zero-order valence-corrected chi connectivity index (χ0v) is 33.1. The minimum absolute atomic E-state index is 0. The summed E-state index contributed by atoms with van der Waals surface area (Å²) in [4.78, 5) is 18.6. The third-order valence-corrected chi connectivity index (χ3v) is 8.61. The Morgan fingerprint density at radius 3 is 1.44 bits per heavy atom. The van der Waals surface area contributed by atoms with E-state index in [9.17, 15) is 0 Å². The molecule has 9 aromatic rings. The van der Waals surface area contributed by atoms with E-state index in [4.69, 9.17) is 19.4 Å². The SMILES string of the molecule is Cc1ccc(-c2cnc(-n3c4[c-]c(Oc5[c-]c(-c6ccccn6)ccc5)ccc4c4ccc(Oc5[c-]c(-c6ccccn6)ccc5)[c-]c43)nc2)cc1.[Pt+2].[Pt+2]. The molecule has 0 radical (unpaired) electrons. The standard InChI is InChI=1S/C45H27N5O2.2Pt/c1-30-14-16-31(17-15-30)34-28-48-45(49-29-34)50-43-26-37(51-35-10-6-8-32(24-35)41-12-2-4-22-46-41)18-20-39(43)40-21-19-38(27-44(40)50)52-36-11-7-9-33(25-36)42-13-3-5-23-47-42;;/h2-23,28-29H,1H3;;/q-4;2*+2. The Kier molecular flexibility index (Phi) is 10.9. The Labute approximate surface area is 341 Å². The van der Waals surface area contributed by atoms with E-state index < -0.39 is 0 Å². The van der Waals surface area contributed by atoms with Gasteiger partial charge in [-0.2, -0.15) is 22.9 Å². The second kappa shape index (κ2) is 16.1. The van der Waals surface area contributed by atoms with Gasteiger partial charge in [0.2, 0.25) is 5.95 Å². The van der Waals surface area contributed by atoms with Gasteiger partial charge in [-0.05, 0) is 36.0 Å². The molecule has 0 saturated heterocycles. The van der Waals surface area contributed by atoms with Crippen molar-refractivity contribution in [3.8, 4) is 62.6 Å². The Morgan fingerprint density at radius 2 is 0.963 bits per heavy atom. The van der Waals surface area contributed by atoms with Crippen LogP contribution in [-0.2, 0) is 42.1 Å². The van der Waals surface area contributed by atoms with Gasteiger partial charge in [-0.25, -0.2) is 9.97 Å². The number of aromatic nitrogens is 5. The second-order valence-corrected chi connectivity index (χ2v) is 12.1. The van der Waals surface area contributed by atoms with Crippen molar-refractivity contribution < 1.29 is 51.6 Å². The van der Waals surface area contributed by atoms with Crippen LogP contribution in [-0.4, -0.2) is 24.5 Å². The van der Waals surface area contributed by atoms with Crippen molar-refractivity contribution in [2.45, 2.75) is 6.92 Å². The second-order valence-electron chi connectivity index (χ2n) is 12.1. The summed E-state index contributed by atoms with van der Waals surface area (Å²) in [5, 5.41) is 1.87. The summed E-state index contributed by atoms with van der Waals surface area (Å²) >= 11 is 0. The number of benzene rings is 5. The molecule has 0 aliphatic heterocycles. The van der Waals surface area contributed by atoms with E-state index in [0.29, 0.717) is 28.9 Å². The van der Waals surface area contributed by atoms with E-state index in [-0.39, 0.29) is 42.1 Å². The number of hydrogen-bond acceptors (Lipinski definition) is 6. The van der Waals surface area contributed by atoms with E-state index in [0.717, 1.165) is 55.4 Å². The largest absolute Gasteiger partial charge is 2.00 e. The molecule has 0 atom stereocenters. The van der Waals surface area contributed by atoms with E-state index in [1.54, 1.807) is 12.4 Å². The third kappa shape index (κ3) is 7.52. The number of hydrogen-bond donors (Lipinski definition) is 0. The summed E-state index contributed by atoms with van der Waals surface area (Å²) in [5.74, 6) is 2.59. The molecule has 0 unspecified atom stereocenters. The van der Waals surface area contributed by atoms with Gasteiger partial charge in [0.1, 0.15) is 0 Å². The number of aryl methyl sites for hydroxylation is 1. The maximum atomic E-state index is 6.34. The van der Waals surface area contributed by atoms with Crippen LogP contribution in [0.1, 0.15) is 5.56 Å². The molecular formula is C45H27N5O2Pt2. The van der Waals surface area contributed by atoms with Crippen LogP contribution in [0.4, 0.5) is 0 Å². The van der Waals surface area contributed by atoms with Crippen molar-refractivity contribution in [3.63, 3.8) is 0 Å². The monoisotopic (exact) mass is 1060 g/mol. The van der Waals surface area contributed by atoms with Gasteiger partial charge in [-0.15, -0.1) is 71.8 Å². The molecule has 0 saturated carbocycles. The van der Waals surface area contributed by atoms with E-state index in [1.807, 2.05) is 114 Å². The van der Waals surface area contributed by atoms with E-state index in [1.165, 1.54) is 5.56 Å². The molecule has 0 aliphatic rings. The van der Waals surface area contributed by atoms with Crippen molar-refractivity contribution in [1.29, 1.82) is 0 Å². The molecule has 0 spiro atoms. The van der Waals surface area contributed by atoms with Crippen molar-refractivity contribution in [2.75, 3.05) is 0 Å².